The van der Waals surface area contributed by atoms with Crippen LogP contribution in [0.5, 0.6) is 5.75 Å². The molecular weight excluding hydrogens is 324 g/mol. The van der Waals surface area contributed by atoms with E-state index in [2.05, 4.69) is 23.5 Å². The summed E-state index contributed by atoms with van der Waals surface area (Å²) in [5.74, 6) is 0.831. The van der Waals surface area contributed by atoms with Gasteiger partial charge in [0, 0.05) is 23.4 Å². The van der Waals surface area contributed by atoms with Crippen molar-refractivity contribution in [3.8, 4) is 5.75 Å². The minimum absolute atomic E-state index is 0.144. The van der Waals surface area contributed by atoms with Gasteiger partial charge in [0.25, 0.3) is 0 Å². The Kier molecular flexibility index (Phi) is 4.75. The van der Waals surface area contributed by atoms with Crippen molar-refractivity contribution < 1.29 is 9.15 Å². The molecule has 4 nitrogen and oxygen atoms in total. The summed E-state index contributed by atoms with van der Waals surface area (Å²) in [6.45, 7) is 1.44. The number of nitrogen functional groups attached to an aromatic ring is 1. The van der Waals surface area contributed by atoms with Gasteiger partial charge in [-0.3, -0.25) is 0 Å². The van der Waals surface area contributed by atoms with Crippen molar-refractivity contribution >= 4 is 11.3 Å². The molecule has 1 atom stereocenters. The van der Waals surface area contributed by atoms with Crippen molar-refractivity contribution in [2.75, 3.05) is 12.3 Å². The molecule has 26 heavy (non-hydrogen) atoms. The zero-order valence-electron chi connectivity index (χ0n) is 14.5. The Balaban J connectivity index is 1.56. The normalized spacial score (nSPS) is 16.9. The summed E-state index contributed by atoms with van der Waals surface area (Å²) < 4.78 is 11.2. The molecule has 0 amide bonds. The molecule has 0 radical (unpaired) electrons. The topological polar surface area (TPSA) is 60.4 Å². The summed E-state index contributed by atoms with van der Waals surface area (Å²) in [7, 11) is 0. The summed E-state index contributed by atoms with van der Waals surface area (Å²) in [5.41, 5.74) is 11.6. The van der Waals surface area contributed by atoms with E-state index in [1.807, 2.05) is 42.5 Å². The maximum absolute atomic E-state index is 6.26. The molecule has 1 aliphatic rings. The molecule has 0 fully saturated rings. The van der Waals surface area contributed by atoms with Gasteiger partial charge in [-0.15, -0.1) is 0 Å². The van der Waals surface area contributed by atoms with E-state index < -0.39 is 0 Å². The Morgan fingerprint density at radius 1 is 1.12 bits per heavy atom. The van der Waals surface area contributed by atoms with Crippen LogP contribution in [0.3, 0.4) is 0 Å². The molecule has 3 N–H and O–H groups in total. The molecular formula is C22H22N2O2. The Bertz CT molecular complexity index is 886. The Labute approximate surface area is 153 Å². The van der Waals surface area contributed by atoms with Crippen LogP contribution in [-0.4, -0.2) is 6.54 Å². The molecule has 0 spiro atoms. The second kappa shape index (κ2) is 7.50. The Morgan fingerprint density at radius 3 is 2.81 bits per heavy atom. The number of benzene rings is 2. The van der Waals surface area contributed by atoms with Gasteiger partial charge < -0.3 is 20.2 Å². The Morgan fingerprint density at radius 2 is 2.00 bits per heavy atom. The van der Waals surface area contributed by atoms with E-state index in [0.29, 0.717) is 6.61 Å². The second-order valence-corrected chi connectivity index (χ2v) is 6.45. The second-order valence-electron chi connectivity index (χ2n) is 6.45. The minimum atomic E-state index is 0.144. The molecule has 2 heterocycles. The molecule has 1 unspecified atom stereocenters. The number of ether oxygens (including phenoxy) is 1. The standard InChI is InChI=1S/C22H22N2O2/c23-21-7-6-19(26-14-16-4-2-1-3-5-16)13-20(21)17-8-10-24-22(12-17)18-9-11-25-15-18/h1-7,9,11-13,15,22,24H,8,10,14,23H2. The zero-order chi connectivity index (χ0) is 17.8. The van der Waals surface area contributed by atoms with Crippen molar-refractivity contribution in [2.24, 2.45) is 0 Å². The quantitative estimate of drug-likeness (QED) is 0.665. The van der Waals surface area contributed by atoms with Gasteiger partial charge in [0.1, 0.15) is 12.4 Å². The van der Waals surface area contributed by atoms with Crippen LogP contribution >= 0.6 is 0 Å². The highest BCUT2D eigenvalue weighted by atomic mass is 16.5. The number of hydrogen-bond acceptors (Lipinski definition) is 4. The predicted octanol–water partition coefficient (Wildman–Crippen LogP) is 4.56. The smallest absolute Gasteiger partial charge is 0.120 e. The third-order valence-electron chi connectivity index (χ3n) is 4.65. The first-order valence-electron chi connectivity index (χ1n) is 8.82. The van der Waals surface area contributed by atoms with Gasteiger partial charge in [0.05, 0.1) is 18.6 Å². The van der Waals surface area contributed by atoms with Gasteiger partial charge in [-0.05, 0) is 41.8 Å². The monoisotopic (exact) mass is 346 g/mol. The lowest BCUT2D eigenvalue weighted by Crippen LogP contribution is -2.25. The van der Waals surface area contributed by atoms with Crippen LogP contribution in [0, 0.1) is 0 Å². The number of furan rings is 1. The van der Waals surface area contributed by atoms with Crippen molar-refractivity contribution in [2.45, 2.75) is 19.1 Å². The summed E-state index contributed by atoms with van der Waals surface area (Å²) in [6.07, 6.45) is 6.63. The lowest BCUT2D eigenvalue weighted by atomic mass is 9.94. The third kappa shape index (κ3) is 3.65. The van der Waals surface area contributed by atoms with Crippen molar-refractivity contribution in [3.63, 3.8) is 0 Å². The van der Waals surface area contributed by atoms with Gasteiger partial charge in [-0.1, -0.05) is 36.4 Å². The van der Waals surface area contributed by atoms with E-state index in [4.69, 9.17) is 14.9 Å². The van der Waals surface area contributed by atoms with E-state index in [9.17, 15) is 0 Å². The van der Waals surface area contributed by atoms with E-state index in [1.165, 1.54) is 5.57 Å². The molecule has 1 aromatic heterocycles. The summed E-state index contributed by atoms with van der Waals surface area (Å²) in [4.78, 5) is 0. The van der Waals surface area contributed by atoms with Crippen LogP contribution in [0.4, 0.5) is 5.69 Å². The number of nitrogens with two attached hydrogens (primary N) is 1. The molecule has 4 rings (SSSR count). The van der Waals surface area contributed by atoms with Crippen LogP contribution < -0.4 is 15.8 Å². The molecule has 2 aromatic carbocycles. The van der Waals surface area contributed by atoms with E-state index in [0.717, 1.165) is 41.1 Å². The fourth-order valence-corrected chi connectivity index (χ4v) is 3.24. The van der Waals surface area contributed by atoms with E-state index in [1.54, 1.807) is 12.5 Å². The first-order valence-corrected chi connectivity index (χ1v) is 8.82. The Hall–Kier alpha value is -2.98. The van der Waals surface area contributed by atoms with E-state index >= 15 is 0 Å². The van der Waals surface area contributed by atoms with E-state index in [-0.39, 0.29) is 6.04 Å². The maximum atomic E-state index is 6.26. The van der Waals surface area contributed by atoms with Crippen LogP contribution in [0.25, 0.3) is 5.57 Å². The highest BCUT2D eigenvalue weighted by Crippen LogP contribution is 2.33. The SMILES string of the molecule is Nc1ccc(OCc2ccccc2)cc1C1=CC(c2ccoc2)NCC1. The number of nitrogens with one attached hydrogen (secondary N) is 1. The average molecular weight is 346 g/mol. The van der Waals surface area contributed by atoms with Gasteiger partial charge >= 0.3 is 0 Å². The molecule has 4 heteroatoms. The minimum Gasteiger partial charge on any atom is -0.489 e. The van der Waals surface area contributed by atoms with Gasteiger partial charge in [0.15, 0.2) is 0 Å². The summed E-state index contributed by atoms with van der Waals surface area (Å²) >= 11 is 0. The first kappa shape index (κ1) is 16.5. The van der Waals surface area contributed by atoms with Gasteiger partial charge in [0.2, 0.25) is 0 Å². The average Bonchev–Trinajstić information content (AvgIpc) is 3.23. The van der Waals surface area contributed by atoms with Crippen LogP contribution in [0.1, 0.15) is 29.2 Å². The number of hydrogen-bond donors (Lipinski definition) is 2. The largest absolute Gasteiger partial charge is 0.489 e. The van der Waals surface area contributed by atoms with Crippen molar-refractivity contribution in [1.82, 2.24) is 5.32 Å². The lowest BCUT2D eigenvalue weighted by molar-refractivity contribution is 0.306. The maximum Gasteiger partial charge on any atom is 0.120 e. The van der Waals surface area contributed by atoms with Crippen LogP contribution in [0.2, 0.25) is 0 Å². The highest BCUT2D eigenvalue weighted by molar-refractivity contribution is 5.77. The molecule has 132 valence electrons. The fourth-order valence-electron chi connectivity index (χ4n) is 3.24. The van der Waals surface area contributed by atoms with Crippen molar-refractivity contribution in [3.05, 3.63) is 89.9 Å². The molecule has 1 aliphatic heterocycles. The van der Waals surface area contributed by atoms with Gasteiger partial charge in [-0.2, -0.15) is 0 Å². The molecule has 0 aliphatic carbocycles. The predicted molar refractivity (Wildman–Crippen MR) is 104 cm³/mol. The first-order chi connectivity index (χ1) is 12.8. The number of rotatable bonds is 5. The van der Waals surface area contributed by atoms with Crippen molar-refractivity contribution in [1.29, 1.82) is 0 Å². The molecule has 0 bridgehead atoms. The summed E-state index contributed by atoms with van der Waals surface area (Å²) in [6, 6.07) is 18.2. The van der Waals surface area contributed by atoms with Crippen LogP contribution in [0.15, 0.2) is 77.6 Å². The molecule has 0 saturated carbocycles. The third-order valence-corrected chi connectivity index (χ3v) is 4.65. The van der Waals surface area contributed by atoms with Crippen LogP contribution in [-0.2, 0) is 6.61 Å². The zero-order valence-corrected chi connectivity index (χ0v) is 14.5. The van der Waals surface area contributed by atoms with Gasteiger partial charge in [-0.25, -0.2) is 0 Å². The fraction of sp³-hybridized carbons (Fsp3) is 0.182. The highest BCUT2D eigenvalue weighted by Gasteiger charge is 2.18. The lowest BCUT2D eigenvalue weighted by Gasteiger charge is -2.23. The molecule has 3 aromatic rings. The molecule has 0 saturated heterocycles. The number of anilines is 1. The summed E-state index contributed by atoms with van der Waals surface area (Å²) in [5, 5.41) is 3.49.